The van der Waals surface area contributed by atoms with E-state index in [9.17, 15) is 9.90 Å². The van der Waals surface area contributed by atoms with Gasteiger partial charge in [-0.15, -0.1) is 0 Å². The lowest BCUT2D eigenvalue weighted by Crippen LogP contribution is -2.35. The van der Waals surface area contributed by atoms with Crippen LogP contribution < -0.4 is 0 Å². The third-order valence-electron chi connectivity index (χ3n) is 5.09. The Labute approximate surface area is 206 Å². The van der Waals surface area contributed by atoms with Gasteiger partial charge in [-0.1, -0.05) is 58.5 Å². The van der Waals surface area contributed by atoms with E-state index in [2.05, 4.69) is 0 Å². The Morgan fingerprint density at radius 3 is 2.12 bits per heavy atom. The quantitative estimate of drug-likeness (QED) is 0.420. The number of carbonyl (C=O) groups is 1. The van der Waals surface area contributed by atoms with Gasteiger partial charge in [-0.05, 0) is 35.4 Å². The molecular formula is C22H22Cl4O6. The second kappa shape index (κ2) is 11.9. The van der Waals surface area contributed by atoms with Gasteiger partial charge in [0.2, 0.25) is 0 Å². The summed E-state index contributed by atoms with van der Waals surface area (Å²) in [6, 6.07) is 10.2. The van der Waals surface area contributed by atoms with Gasteiger partial charge in [0.15, 0.2) is 6.29 Å². The molecule has 0 saturated carbocycles. The van der Waals surface area contributed by atoms with Crippen molar-refractivity contribution in [2.75, 3.05) is 13.7 Å². The van der Waals surface area contributed by atoms with Gasteiger partial charge in [0, 0.05) is 33.1 Å². The molecule has 1 saturated heterocycles. The molecule has 1 aliphatic rings. The number of halogens is 4. The zero-order valence-electron chi connectivity index (χ0n) is 17.1. The van der Waals surface area contributed by atoms with Gasteiger partial charge in [-0.2, -0.15) is 0 Å². The van der Waals surface area contributed by atoms with Crippen LogP contribution in [-0.4, -0.2) is 43.3 Å². The first-order valence-electron chi connectivity index (χ1n) is 9.75. The molecule has 1 unspecified atom stereocenters. The summed E-state index contributed by atoms with van der Waals surface area (Å²) in [7, 11) is 1.46. The van der Waals surface area contributed by atoms with Crippen molar-refractivity contribution in [3.63, 3.8) is 0 Å². The van der Waals surface area contributed by atoms with Gasteiger partial charge in [0.05, 0.1) is 32.3 Å². The highest BCUT2D eigenvalue weighted by molar-refractivity contribution is 6.35. The topological polar surface area (TPSA) is 74.2 Å². The van der Waals surface area contributed by atoms with Gasteiger partial charge in [-0.3, -0.25) is 4.79 Å². The summed E-state index contributed by atoms with van der Waals surface area (Å²) in [5.41, 5.74) is 1.49. The summed E-state index contributed by atoms with van der Waals surface area (Å²) in [5.74, 6) is -1.51. The van der Waals surface area contributed by atoms with E-state index in [0.717, 1.165) is 11.1 Å². The fraction of sp³-hybridized carbons (Fsp3) is 0.409. The van der Waals surface area contributed by atoms with Crippen LogP contribution in [0, 0.1) is 5.92 Å². The number of aliphatic carboxylic acids is 1. The van der Waals surface area contributed by atoms with Crippen LogP contribution in [-0.2, 0) is 37.0 Å². The standard InChI is InChI=1S/C22H22Cl4O6/c1-29-22-16(8-20(27)28)21(31-10-13-3-5-15(24)7-18(13)26)19(32-22)11-30-9-12-2-4-14(23)6-17(12)25/h2-7,16,19,21-22H,8-11H2,1H3,(H,27,28)/t16-,19-,21-,22?/m1/s1. The van der Waals surface area contributed by atoms with E-state index in [1.807, 2.05) is 0 Å². The highest BCUT2D eigenvalue weighted by Gasteiger charge is 2.46. The van der Waals surface area contributed by atoms with Crippen LogP contribution in [0.1, 0.15) is 17.5 Å². The first-order chi connectivity index (χ1) is 15.3. The number of methoxy groups -OCH3 is 1. The number of rotatable bonds is 10. The smallest absolute Gasteiger partial charge is 0.303 e. The zero-order chi connectivity index (χ0) is 23.3. The minimum atomic E-state index is -0.978. The molecule has 4 atom stereocenters. The molecule has 3 rings (SSSR count). The Bertz CT molecular complexity index is 941. The van der Waals surface area contributed by atoms with Crippen molar-refractivity contribution in [3.8, 4) is 0 Å². The van der Waals surface area contributed by atoms with Crippen molar-refractivity contribution in [1.82, 2.24) is 0 Å². The summed E-state index contributed by atoms with van der Waals surface area (Å²) in [5, 5.41) is 11.4. The van der Waals surface area contributed by atoms with E-state index in [1.54, 1.807) is 36.4 Å². The largest absolute Gasteiger partial charge is 0.481 e. The minimum absolute atomic E-state index is 0.147. The summed E-state index contributed by atoms with van der Waals surface area (Å²) < 4.78 is 23.2. The lowest BCUT2D eigenvalue weighted by atomic mass is 9.97. The van der Waals surface area contributed by atoms with Crippen LogP contribution in [0.3, 0.4) is 0 Å². The lowest BCUT2D eigenvalue weighted by molar-refractivity contribution is -0.153. The highest BCUT2D eigenvalue weighted by atomic mass is 35.5. The molecule has 6 nitrogen and oxygen atoms in total. The first kappa shape index (κ1) is 25.5. The molecule has 1 N–H and O–H groups in total. The summed E-state index contributed by atoms with van der Waals surface area (Å²) in [6.07, 6.45) is -2.08. The van der Waals surface area contributed by atoms with Crippen LogP contribution >= 0.6 is 46.4 Å². The number of hydrogen-bond acceptors (Lipinski definition) is 5. The Morgan fingerprint density at radius 2 is 1.59 bits per heavy atom. The minimum Gasteiger partial charge on any atom is -0.481 e. The molecule has 0 bridgehead atoms. The maximum atomic E-state index is 11.4. The Balaban J connectivity index is 1.70. The van der Waals surface area contributed by atoms with E-state index < -0.39 is 30.4 Å². The van der Waals surface area contributed by atoms with Crippen molar-refractivity contribution in [2.45, 2.75) is 38.1 Å². The molecule has 1 heterocycles. The molecule has 0 aliphatic carbocycles. The third-order valence-corrected chi connectivity index (χ3v) is 6.26. The van der Waals surface area contributed by atoms with E-state index in [4.69, 9.17) is 65.4 Å². The monoisotopic (exact) mass is 522 g/mol. The van der Waals surface area contributed by atoms with E-state index >= 15 is 0 Å². The highest BCUT2D eigenvalue weighted by Crippen LogP contribution is 2.34. The molecular weight excluding hydrogens is 502 g/mol. The normalized spacial score (nSPS) is 22.9. The van der Waals surface area contributed by atoms with Crippen LogP contribution in [0.15, 0.2) is 36.4 Å². The predicted octanol–water partition coefficient (Wildman–Crippen LogP) is 5.86. The van der Waals surface area contributed by atoms with Crippen LogP contribution in [0.2, 0.25) is 20.1 Å². The molecule has 32 heavy (non-hydrogen) atoms. The molecule has 0 aromatic heterocycles. The number of ether oxygens (including phenoxy) is 4. The molecule has 0 spiro atoms. The Kier molecular flexibility index (Phi) is 9.46. The van der Waals surface area contributed by atoms with Gasteiger partial charge in [0.1, 0.15) is 6.10 Å². The molecule has 10 heteroatoms. The van der Waals surface area contributed by atoms with Crippen molar-refractivity contribution >= 4 is 52.4 Å². The fourth-order valence-corrected chi connectivity index (χ4v) is 4.47. The first-order valence-corrected chi connectivity index (χ1v) is 11.3. The SMILES string of the molecule is COC1O[C@H](COCc2ccc(Cl)cc2Cl)[C@H](OCc2ccc(Cl)cc2Cl)[C@H]1CC(=O)O. The molecule has 1 fully saturated rings. The Hall–Kier alpha value is -1.09. The molecule has 2 aromatic rings. The second-order valence-electron chi connectivity index (χ2n) is 7.30. The number of carboxylic acids is 1. The molecule has 0 radical (unpaired) electrons. The number of carboxylic acid groups (broad SMARTS) is 1. The zero-order valence-corrected chi connectivity index (χ0v) is 20.1. The second-order valence-corrected chi connectivity index (χ2v) is 8.99. The number of hydrogen-bond donors (Lipinski definition) is 1. The maximum Gasteiger partial charge on any atom is 0.303 e. The predicted molar refractivity (Wildman–Crippen MR) is 123 cm³/mol. The van der Waals surface area contributed by atoms with Gasteiger partial charge in [-0.25, -0.2) is 0 Å². The van der Waals surface area contributed by atoms with Crippen molar-refractivity contribution in [2.24, 2.45) is 5.92 Å². The van der Waals surface area contributed by atoms with Crippen molar-refractivity contribution in [3.05, 3.63) is 67.6 Å². The van der Waals surface area contributed by atoms with Crippen molar-refractivity contribution in [1.29, 1.82) is 0 Å². The van der Waals surface area contributed by atoms with E-state index in [1.165, 1.54) is 7.11 Å². The summed E-state index contributed by atoms with van der Waals surface area (Å²) in [6.45, 7) is 0.525. The number of benzene rings is 2. The summed E-state index contributed by atoms with van der Waals surface area (Å²) >= 11 is 24.3. The summed E-state index contributed by atoms with van der Waals surface area (Å²) in [4.78, 5) is 11.4. The van der Waals surface area contributed by atoms with Crippen LogP contribution in [0.25, 0.3) is 0 Å². The van der Waals surface area contributed by atoms with Gasteiger partial charge in [0.25, 0.3) is 0 Å². The molecule has 1 aliphatic heterocycles. The van der Waals surface area contributed by atoms with Crippen molar-refractivity contribution < 1.29 is 28.8 Å². The third kappa shape index (κ3) is 6.72. The van der Waals surface area contributed by atoms with E-state index in [-0.39, 0.29) is 26.2 Å². The van der Waals surface area contributed by atoms with Crippen LogP contribution in [0.4, 0.5) is 0 Å². The molecule has 0 amide bonds. The maximum absolute atomic E-state index is 11.4. The van der Waals surface area contributed by atoms with Gasteiger partial charge >= 0.3 is 5.97 Å². The fourth-order valence-electron chi connectivity index (χ4n) is 3.54. The Morgan fingerprint density at radius 1 is 1.00 bits per heavy atom. The average Bonchev–Trinajstić information content (AvgIpc) is 3.05. The molecule has 2 aromatic carbocycles. The van der Waals surface area contributed by atoms with E-state index in [0.29, 0.717) is 20.1 Å². The molecule has 174 valence electrons. The lowest BCUT2D eigenvalue weighted by Gasteiger charge is -2.23. The van der Waals surface area contributed by atoms with Crippen LogP contribution in [0.5, 0.6) is 0 Å². The van der Waals surface area contributed by atoms with Gasteiger partial charge < -0.3 is 24.1 Å². The average molecular weight is 524 g/mol.